The lowest BCUT2D eigenvalue weighted by molar-refractivity contribution is -0.137. The molecule has 8 nitrogen and oxygen atoms in total. The molecule has 4 rings (SSSR count). The third-order valence-corrected chi connectivity index (χ3v) is 5.93. The fraction of sp³-hybridized carbons (Fsp3) is 0.700. The average molecular weight is 387 g/mol. The minimum Gasteiger partial charge on any atom is -0.378 e. The number of Topliss-reactive ketones (excluding diaryl/α,β-unsaturated/α-hetero) is 1. The van der Waals surface area contributed by atoms with Gasteiger partial charge in [-0.25, -0.2) is 4.98 Å². The molecular formula is C20H29N5O3. The second-order valence-electron chi connectivity index (χ2n) is 7.89. The molecule has 8 heteroatoms. The number of carbonyl (C=O) groups is 2. The Hall–Kier alpha value is -2.22. The SMILES string of the molecule is Cc1cc(N2CCOCC2)nc(N2CCN(C(=O)C3CCC(=O)CC3)CC2)n1. The van der Waals surface area contributed by atoms with Crippen molar-refractivity contribution < 1.29 is 14.3 Å². The zero-order valence-electron chi connectivity index (χ0n) is 16.6. The number of ether oxygens (including phenoxy) is 1. The van der Waals surface area contributed by atoms with Crippen LogP contribution < -0.4 is 9.80 Å². The predicted octanol–water partition coefficient (Wildman–Crippen LogP) is 1.03. The van der Waals surface area contributed by atoms with E-state index < -0.39 is 0 Å². The first-order chi connectivity index (χ1) is 13.6. The van der Waals surface area contributed by atoms with E-state index in [1.165, 1.54) is 0 Å². The molecule has 3 fully saturated rings. The van der Waals surface area contributed by atoms with Gasteiger partial charge in [-0.15, -0.1) is 0 Å². The molecule has 2 saturated heterocycles. The van der Waals surface area contributed by atoms with Crippen molar-refractivity contribution in [2.24, 2.45) is 5.92 Å². The van der Waals surface area contributed by atoms with Crippen molar-refractivity contribution in [2.75, 3.05) is 62.3 Å². The quantitative estimate of drug-likeness (QED) is 0.766. The molecular weight excluding hydrogens is 358 g/mol. The Bertz CT molecular complexity index is 717. The van der Waals surface area contributed by atoms with Crippen molar-refractivity contribution >= 4 is 23.5 Å². The molecule has 0 N–H and O–H groups in total. The van der Waals surface area contributed by atoms with Gasteiger partial charge in [0.1, 0.15) is 11.6 Å². The van der Waals surface area contributed by atoms with Crippen LogP contribution in [0.2, 0.25) is 0 Å². The van der Waals surface area contributed by atoms with Crippen LogP contribution in [-0.4, -0.2) is 79.0 Å². The normalized spacial score (nSPS) is 21.9. The first-order valence-electron chi connectivity index (χ1n) is 10.3. The van der Waals surface area contributed by atoms with E-state index in [1.54, 1.807) is 0 Å². The minimum atomic E-state index is 0.0207. The molecule has 0 aromatic carbocycles. The molecule has 0 radical (unpaired) electrons. The van der Waals surface area contributed by atoms with E-state index in [1.807, 2.05) is 17.9 Å². The summed E-state index contributed by atoms with van der Waals surface area (Å²) >= 11 is 0. The molecule has 1 aromatic heterocycles. The molecule has 3 heterocycles. The number of piperazine rings is 1. The van der Waals surface area contributed by atoms with Gasteiger partial charge in [-0.1, -0.05) is 0 Å². The smallest absolute Gasteiger partial charge is 0.227 e. The number of anilines is 2. The van der Waals surface area contributed by atoms with Gasteiger partial charge >= 0.3 is 0 Å². The van der Waals surface area contributed by atoms with E-state index in [9.17, 15) is 9.59 Å². The van der Waals surface area contributed by atoms with Crippen molar-refractivity contribution in [3.05, 3.63) is 11.8 Å². The van der Waals surface area contributed by atoms with Crippen molar-refractivity contribution in [3.63, 3.8) is 0 Å². The first-order valence-corrected chi connectivity index (χ1v) is 10.3. The topological polar surface area (TPSA) is 78.9 Å². The highest BCUT2D eigenvalue weighted by atomic mass is 16.5. The van der Waals surface area contributed by atoms with Gasteiger partial charge in [0.25, 0.3) is 0 Å². The van der Waals surface area contributed by atoms with Gasteiger partial charge in [0.05, 0.1) is 13.2 Å². The Morgan fingerprint density at radius 3 is 2.36 bits per heavy atom. The Labute approximate surface area is 165 Å². The molecule has 152 valence electrons. The van der Waals surface area contributed by atoms with Gasteiger partial charge < -0.3 is 19.4 Å². The van der Waals surface area contributed by atoms with Gasteiger partial charge in [0.15, 0.2) is 0 Å². The fourth-order valence-corrected chi connectivity index (χ4v) is 4.20. The Kier molecular flexibility index (Phi) is 5.75. The molecule has 0 unspecified atom stereocenters. The number of nitrogens with zero attached hydrogens (tertiary/aromatic N) is 5. The lowest BCUT2D eigenvalue weighted by Gasteiger charge is -2.37. The summed E-state index contributed by atoms with van der Waals surface area (Å²) in [5.74, 6) is 2.23. The molecule has 28 heavy (non-hydrogen) atoms. The summed E-state index contributed by atoms with van der Waals surface area (Å²) in [6.45, 7) is 8.01. The summed E-state index contributed by atoms with van der Waals surface area (Å²) in [4.78, 5) is 40.0. The highest BCUT2D eigenvalue weighted by Crippen LogP contribution is 2.25. The number of hydrogen-bond acceptors (Lipinski definition) is 7. The van der Waals surface area contributed by atoms with Crippen LogP contribution in [-0.2, 0) is 14.3 Å². The first kappa shape index (κ1) is 19.1. The molecule has 2 aliphatic heterocycles. The maximum atomic E-state index is 12.8. The second kappa shape index (κ2) is 8.43. The number of morpholine rings is 1. The summed E-state index contributed by atoms with van der Waals surface area (Å²) in [7, 11) is 0. The summed E-state index contributed by atoms with van der Waals surface area (Å²) < 4.78 is 5.44. The molecule has 1 aromatic rings. The Balaban J connectivity index is 1.37. The van der Waals surface area contributed by atoms with Gasteiger partial charge in [-0.05, 0) is 19.8 Å². The van der Waals surface area contributed by atoms with Crippen LogP contribution in [0.3, 0.4) is 0 Å². The van der Waals surface area contributed by atoms with Gasteiger partial charge in [0, 0.05) is 69.8 Å². The highest BCUT2D eigenvalue weighted by Gasteiger charge is 2.31. The predicted molar refractivity (Wildman–Crippen MR) is 106 cm³/mol. The fourth-order valence-electron chi connectivity index (χ4n) is 4.20. The molecule has 1 aliphatic carbocycles. The summed E-state index contributed by atoms with van der Waals surface area (Å²) in [5, 5.41) is 0. The molecule has 1 saturated carbocycles. The summed E-state index contributed by atoms with van der Waals surface area (Å²) in [6.07, 6.45) is 2.53. The van der Waals surface area contributed by atoms with Crippen LogP contribution in [0.4, 0.5) is 11.8 Å². The van der Waals surface area contributed by atoms with Gasteiger partial charge in [-0.3, -0.25) is 9.59 Å². The molecule has 0 bridgehead atoms. The molecule has 3 aliphatic rings. The lowest BCUT2D eigenvalue weighted by atomic mass is 9.87. The number of hydrogen-bond donors (Lipinski definition) is 0. The summed E-state index contributed by atoms with van der Waals surface area (Å²) in [6, 6.07) is 2.03. The van der Waals surface area contributed by atoms with Crippen molar-refractivity contribution in [1.29, 1.82) is 0 Å². The largest absolute Gasteiger partial charge is 0.378 e. The molecule has 0 spiro atoms. The van der Waals surface area contributed by atoms with Crippen molar-refractivity contribution in [1.82, 2.24) is 14.9 Å². The van der Waals surface area contributed by atoms with Crippen LogP contribution in [0, 0.1) is 12.8 Å². The monoisotopic (exact) mass is 387 g/mol. The van der Waals surface area contributed by atoms with Crippen LogP contribution >= 0.6 is 0 Å². The van der Waals surface area contributed by atoms with E-state index >= 15 is 0 Å². The van der Waals surface area contributed by atoms with E-state index in [0.717, 1.165) is 56.9 Å². The maximum absolute atomic E-state index is 12.8. The van der Waals surface area contributed by atoms with Crippen LogP contribution in [0.15, 0.2) is 6.07 Å². The van der Waals surface area contributed by atoms with Gasteiger partial charge in [-0.2, -0.15) is 4.98 Å². The van der Waals surface area contributed by atoms with E-state index in [-0.39, 0.29) is 11.8 Å². The highest BCUT2D eigenvalue weighted by molar-refractivity contribution is 5.84. The third-order valence-electron chi connectivity index (χ3n) is 5.93. The second-order valence-corrected chi connectivity index (χ2v) is 7.89. The van der Waals surface area contributed by atoms with Crippen LogP contribution in [0.5, 0.6) is 0 Å². The van der Waals surface area contributed by atoms with Gasteiger partial charge in [0.2, 0.25) is 11.9 Å². The standard InChI is InChI=1S/C20H29N5O3/c1-15-14-18(23-10-12-28-13-11-23)22-20(21-15)25-8-6-24(7-9-25)19(27)16-2-4-17(26)5-3-16/h14,16H,2-13H2,1H3. The zero-order valence-corrected chi connectivity index (χ0v) is 16.6. The zero-order chi connectivity index (χ0) is 19.5. The Morgan fingerprint density at radius 1 is 1.00 bits per heavy atom. The third kappa shape index (κ3) is 4.27. The number of ketones is 1. The number of carbonyl (C=O) groups excluding carboxylic acids is 2. The van der Waals surface area contributed by atoms with E-state index in [0.29, 0.717) is 44.6 Å². The lowest BCUT2D eigenvalue weighted by Crippen LogP contribution is -2.51. The van der Waals surface area contributed by atoms with E-state index in [2.05, 4.69) is 14.8 Å². The van der Waals surface area contributed by atoms with Crippen LogP contribution in [0.1, 0.15) is 31.4 Å². The van der Waals surface area contributed by atoms with Crippen molar-refractivity contribution in [3.8, 4) is 0 Å². The molecule has 0 atom stereocenters. The number of aryl methyl sites for hydroxylation is 1. The number of aromatic nitrogens is 2. The number of amides is 1. The maximum Gasteiger partial charge on any atom is 0.227 e. The van der Waals surface area contributed by atoms with E-state index in [4.69, 9.17) is 9.72 Å². The number of rotatable bonds is 3. The van der Waals surface area contributed by atoms with Crippen LogP contribution in [0.25, 0.3) is 0 Å². The molecule has 1 amide bonds. The van der Waals surface area contributed by atoms with Crippen molar-refractivity contribution in [2.45, 2.75) is 32.6 Å². The summed E-state index contributed by atoms with van der Waals surface area (Å²) in [5.41, 5.74) is 0.955. The Morgan fingerprint density at radius 2 is 1.68 bits per heavy atom. The minimum absolute atomic E-state index is 0.0207. The average Bonchev–Trinajstić information content (AvgIpc) is 2.74.